The quantitative estimate of drug-likeness (QED) is 0.879. The summed E-state index contributed by atoms with van der Waals surface area (Å²) in [7, 11) is 0. The van der Waals surface area contributed by atoms with Crippen LogP contribution in [0.5, 0.6) is 11.5 Å². The first kappa shape index (κ1) is 15.6. The largest absolute Gasteiger partial charge is 0.455 e. The summed E-state index contributed by atoms with van der Waals surface area (Å²) in [5, 5.41) is 2.96. The monoisotopic (exact) mass is 310 g/mol. The minimum atomic E-state index is -0.00328. The van der Waals surface area contributed by atoms with Gasteiger partial charge in [-0.05, 0) is 43.0 Å². The van der Waals surface area contributed by atoms with E-state index in [9.17, 15) is 4.79 Å². The molecule has 23 heavy (non-hydrogen) atoms. The highest BCUT2D eigenvalue weighted by molar-refractivity contribution is 5.92. The maximum atomic E-state index is 12.3. The van der Waals surface area contributed by atoms with Crippen LogP contribution >= 0.6 is 0 Å². The molecule has 3 N–H and O–H groups in total. The minimum absolute atomic E-state index is 0.00328. The van der Waals surface area contributed by atoms with E-state index < -0.39 is 0 Å². The van der Waals surface area contributed by atoms with Crippen molar-refractivity contribution < 1.29 is 9.53 Å². The van der Waals surface area contributed by atoms with Crippen molar-refractivity contribution in [2.75, 3.05) is 5.32 Å². The zero-order chi connectivity index (χ0) is 16.1. The number of para-hydroxylation sites is 3. The molecule has 0 aromatic heterocycles. The van der Waals surface area contributed by atoms with Crippen LogP contribution in [0.2, 0.25) is 0 Å². The number of hydrogen-bond acceptors (Lipinski definition) is 3. The van der Waals surface area contributed by atoms with Crippen LogP contribution in [0.4, 0.5) is 5.69 Å². The second-order valence-electron chi connectivity index (χ2n) is 6.02. The van der Waals surface area contributed by atoms with Crippen molar-refractivity contribution >= 4 is 11.6 Å². The third kappa shape index (κ3) is 4.11. The predicted molar refractivity (Wildman–Crippen MR) is 91.5 cm³/mol. The molecule has 0 aliphatic heterocycles. The van der Waals surface area contributed by atoms with Gasteiger partial charge in [-0.2, -0.15) is 0 Å². The fourth-order valence-electron chi connectivity index (χ4n) is 3.03. The van der Waals surface area contributed by atoms with Gasteiger partial charge in [0.05, 0.1) is 5.69 Å². The van der Waals surface area contributed by atoms with E-state index in [1.807, 2.05) is 54.6 Å². The number of anilines is 1. The van der Waals surface area contributed by atoms with E-state index in [1.165, 1.54) is 0 Å². The Hall–Kier alpha value is -2.33. The summed E-state index contributed by atoms with van der Waals surface area (Å²) in [4.78, 5) is 12.3. The third-order valence-electron chi connectivity index (χ3n) is 4.30. The van der Waals surface area contributed by atoms with E-state index >= 15 is 0 Å². The number of carbonyl (C=O) groups is 1. The summed E-state index contributed by atoms with van der Waals surface area (Å²) in [5.41, 5.74) is 6.74. The van der Waals surface area contributed by atoms with E-state index in [2.05, 4.69) is 5.32 Å². The lowest BCUT2D eigenvalue weighted by atomic mass is 10.00. The standard InChI is InChI=1S/C19H22N2O2/c20-16-10-6-7-14(16)13-19(22)21-17-11-4-5-12-18(17)23-15-8-2-1-3-9-15/h1-5,8-9,11-12,14,16H,6-7,10,13,20H2,(H,21,22)/t14-,16+/m0/s1. The molecule has 1 amide bonds. The smallest absolute Gasteiger partial charge is 0.224 e. The highest BCUT2D eigenvalue weighted by atomic mass is 16.5. The minimum Gasteiger partial charge on any atom is -0.455 e. The molecule has 0 radical (unpaired) electrons. The topological polar surface area (TPSA) is 64.4 Å². The molecule has 2 aromatic carbocycles. The van der Waals surface area contributed by atoms with Crippen LogP contribution in [0, 0.1) is 5.92 Å². The Balaban J connectivity index is 1.66. The van der Waals surface area contributed by atoms with Crippen molar-refractivity contribution in [1.82, 2.24) is 0 Å². The van der Waals surface area contributed by atoms with Crippen molar-refractivity contribution in [3.63, 3.8) is 0 Å². The van der Waals surface area contributed by atoms with Crippen molar-refractivity contribution in [1.29, 1.82) is 0 Å². The molecule has 120 valence electrons. The maximum absolute atomic E-state index is 12.3. The van der Waals surface area contributed by atoms with E-state index in [4.69, 9.17) is 10.5 Å². The lowest BCUT2D eigenvalue weighted by Gasteiger charge is -2.16. The first-order valence-corrected chi connectivity index (χ1v) is 8.10. The number of hydrogen-bond donors (Lipinski definition) is 2. The number of benzene rings is 2. The van der Waals surface area contributed by atoms with Gasteiger partial charge in [-0.15, -0.1) is 0 Å². The predicted octanol–water partition coefficient (Wildman–Crippen LogP) is 3.93. The van der Waals surface area contributed by atoms with Crippen LogP contribution in [0.1, 0.15) is 25.7 Å². The second-order valence-corrected chi connectivity index (χ2v) is 6.02. The molecule has 1 aliphatic carbocycles. The summed E-state index contributed by atoms with van der Waals surface area (Å²) >= 11 is 0. The van der Waals surface area contributed by atoms with Gasteiger partial charge in [-0.1, -0.05) is 36.8 Å². The molecule has 2 atom stereocenters. The highest BCUT2D eigenvalue weighted by Gasteiger charge is 2.26. The van der Waals surface area contributed by atoms with Crippen LogP contribution in [0.25, 0.3) is 0 Å². The Labute approximate surface area is 136 Å². The van der Waals surface area contributed by atoms with Gasteiger partial charge in [0.2, 0.25) is 5.91 Å². The third-order valence-corrected chi connectivity index (χ3v) is 4.30. The lowest BCUT2D eigenvalue weighted by Crippen LogP contribution is -2.28. The average Bonchev–Trinajstić information content (AvgIpc) is 2.95. The second kappa shape index (κ2) is 7.29. The average molecular weight is 310 g/mol. The Morgan fingerprint density at radius 1 is 1.09 bits per heavy atom. The van der Waals surface area contributed by atoms with Crippen LogP contribution in [-0.4, -0.2) is 11.9 Å². The first-order valence-electron chi connectivity index (χ1n) is 8.10. The van der Waals surface area contributed by atoms with Gasteiger partial charge in [0.25, 0.3) is 0 Å². The summed E-state index contributed by atoms with van der Waals surface area (Å²) in [6.07, 6.45) is 3.65. The van der Waals surface area contributed by atoms with Gasteiger partial charge in [0.1, 0.15) is 5.75 Å². The molecule has 0 bridgehead atoms. The van der Waals surface area contributed by atoms with Gasteiger partial charge in [-0.3, -0.25) is 4.79 Å². The van der Waals surface area contributed by atoms with Gasteiger partial charge >= 0.3 is 0 Å². The molecular weight excluding hydrogens is 288 g/mol. The number of ether oxygens (including phenoxy) is 1. The molecule has 0 heterocycles. The van der Waals surface area contributed by atoms with Gasteiger partial charge in [0.15, 0.2) is 5.75 Å². The molecule has 2 aromatic rings. The Kier molecular flexibility index (Phi) is 4.93. The number of carbonyl (C=O) groups excluding carboxylic acids is 1. The zero-order valence-corrected chi connectivity index (χ0v) is 13.1. The lowest BCUT2D eigenvalue weighted by molar-refractivity contribution is -0.117. The van der Waals surface area contributed by atoms with Gasteiger partial charge in [-0.25, -0.2) is 0 Å². The SMILES string of the molecule is N[C@@H]1CCC[C@H]1CC(=O)Nc1ccccc1Oc1ccccc1. The molecule has 1 fully saturated rings. The molecule has 0 unspecified atom stereocenters. The van der Waals surface area contributed by atoms with Crippen LogP contribution in [0.15, 0.2) is 54.6 Å². The van der Waals surface area contributed by atoms with Crippen molar-refractivity contribution in [3.05, 3.63) is 54.6 Å². The first-order chi connectivity index (χ1) is 11.2. The fourth-order valence-corrected chi connectivity index (χ4v) is 3.03. The Morgan fingerprint density at radius 3 is 2.57 bits per heavy atom. The van der Waals surface area contributed by atoms with E-state index in [1.54, 1.807) is 0 Å². The molecule has 3 rings (SSSR count). The van der Waals surface area contributed by atoms with Gasteiger partial charge in [0, 0.05) is 12.5 Å². The highest BCUT2D eigenvalue weighted by Crippen LogP contribution is 2.31. The summed E-state index contributed by atoms with van der Waals surface area (Å²) in [6.45, 7) is 0. The Morgan fingerprint density at radius 2 is 1.83 bits per heavy atom. The van der Waals surface area contributed by atoms with Crippen LogP contribution in [0.3, 0.4) is 0 Å². The molecule has 0 spiro atoms. The Bertz CT molecular complexity index is 657. The summed E-state index contributed by atoms with van der Waals surface area (Å²) in [5.74, 6) is 1.67. The van der Waals surface area contributed by atoms with Gasteiger partial charge < -0.3 is 15.8 Å². The van der Waals surface area contributed by atoms with Crippen LogP contribution in [-0.2, 0) is 4.79 Å². The fraction of sp³-hybridized carbons (Fsp3) is 0.316. The number of amides is 1. The molecule has 1 aliphatic rings. The van der Waals surface area contributed by atoms with Crippen molar-refractivity contribution in [3.8, 4) is 11.5 Å². The molecule has 1 saturated carbocycles. The molecular formula is C19H22N2O2. The van der Waals surface area contributed by atoms with Crippen molar-refractivity contribution in [2.24, 2.45) is 11.7 Å². The summed E-state index contributed by atoms with van der Waals surface area (Å²) in [6, 6.07) is 17.2. The molecule has 4 heteroatoms. The number of nitrogens with two attached hydrogens (primary N) is 1. The number of rotatable bonds is 5. The maximum Gasteiger partial charge on any atom is 0.224 e. The van der Waals surface area contributed by atoms with Crippen LogP contribution < -0.4 is 15.8 Å². The molecule has 4 nitrogen and oxygen atoms in total. The summed E-state index contributed by atoms with van der Waals surface area (Å²) < 4.78 is 5.86. The number of nitrogens with one attached hydrogen (secondary N) is 1. The van der Waals surface area contributed by atoms with E-state index in [0.29, 0.717) is 17.9 Å². The van der Waals surface area contributed by atoms with E-state index in [0.717, 1.165) is 25.0 Å². The zero-order valence-electron chi connectivity index (χ0n) is 13.1. The molecule has 0 saturated heterocycles. The van der Waals surface area contributed by atoms with E-state index in [-0.39, 0.29) is 17.9 Å². The normalized spacial score (nSPS) is 20.2. The van der Waals surface area contributed by atoms with Crippen molar-refractivity contribution in [2.45, 2.75) is 31.7 Å².